The first-order chi connectivity index (χ1) is 19.2. The van der Waals surface area contributed by atoms with Gasteiger partial charge in [-0.05, 0) is 80.6 Å². The molecule has 1 aliphatic heterocycles. The first kappa shape index (κ1) is 27.6. The van der Waals surface area contributed by atoms with E-state index in [1.165, 1.54) is 16.2 Å². The minimum absolute atomic E-state index is 0.0578. The summed E-state index contributed by atoms with van der Waals surface area (Å²) < 4.78 is 6.84. The van der Waals surface area contributed by atoms with Crippen molar-refractivity contribution in [2.45, 2.75) is 59.9 Å². The number of anilines is 1. The number of ether oxygens (including phenoxy) is 1. The molecular formula is C33H34N2O4S. The van der Waals surface area contributed by atoms with Crippen LogP contribution in [-0.2, 0) is 9.59 Å². The molecule has 40 heavy (non-hydrogen) atoms. The molecule has 1 saturated heterocycles. The molecule has 5 rings (SSSR count). The molecule has 1 amide bonds. The monoisotopic (exact) mass is 554 g/mol. The van der Waals surface area contributed by atoms with Crippen molar-refractivity contribution in [2.75, 3.05) is 11.5 Å². The Labute approximate surface area is 238 Å². The number of nitrogens with zero attached hydrogens (tertiary/aromatic N) is 2. The van der Waals surface area contributed by atoms with Gasteiger partial charge in [0, 0.05) is 5.56 Å². The lowest BCUT2D eigenvalue weighted by Gasteiger charge is -2.23. The summed E-state index contributed by atoms with van der Waals surface area (Å²) in [6.07, 6.45) is 3.20. The zero-order valence-electron chi connectivity index (χ0n) is 23.6. The van der Waals surface area contributed by atoms with E-state index >= 15 is 0 Å². The Kier molecular flexibility index (Phi) is 7.76. The summed E-state index contributed by atoms with van der Waals surface area (Å²) in [5.74, 6) is -0.891. The largest absolute Gasteiger partial charge is 0.507 e. The third-order valence-corrected chi connectivity index (χ3v) is 8.33. The number of unbranched alkanes of at least 4 members (excludes halogenated alkanes) is 2. The fourth-order valence-corrected chi connectivity index (χ4v) is 6.40. The number of hydrogen-bond acceptors (Lipinski definition) is 6. The maximum absolute atomic E-state index is 13.7. The van der Waals surface area contributed by atoms with Crippen LogP contribution in [0.15, 0.2) is 60.2 Å². The highest BCUT2D eigenvalue weighted by atomic mass is 32.1. The molecule has 0 spiro atoms. The van der Waals surface area contributed by atoms with Crippen LogP contribution in [0.5, 0.6) is 5.75 Å². The summed E-state index contributed by atoms with van der Waals surface area (Å²) in [5.41, 5.74) is 5.95. The number of hydrogen-bond donors (Lipinski definition) is 1. The first-order valence-corrected chi connectivity index (χ1v) is 14.5. The minimum atomic E-state index is -0.837. The Morgan fingerprint density at radius 3 is 2.42 bits per heavy atom. The molecule has 1 unspecified atom stereocenters. The zero-order valence-corrected chi connectivity index (χ0v) is 24.4. The number of ketones is 1. The Bertz CT molecular complexity index is 1630. The number of aliphatic hydroxyl groups excluding tert-OH is 1. The fraction of sp³-hybridized carbons (Fsp3) is 0.303. The van der Waals surface area contributed by atoms with Gasteiger partial charge in [0.15, 0.2) is 5.13 Å². The number of Topliss-reactive ketones (excluding diaryl/α,β-unsaturated/α-hetero) is 1. The van der Waals surface area contributed by atoms with E-state index in [9.17, 15) is 14.7 Å². The van der Waals surface area contributed by atoms with Crippen molar-refractivity contribution < 1.29 is 19.4 Å². The van der Waals surface area contributed by atoms with E-state index in [4.69, 9.17) is 9.72 Å². The molecule has 206 valence electrons. The SMILES string of the molecule is CCCCCOc1ccc(C2C(=C(O)c3cc(C)ccc3C)C(=O)C(=O)N2c2nc3c(C)cc(C)cc3s2)cc1. The first-order valence-electron chi connectivity index (χ1n) is 13.7. The summed E-state index contributed by atoms with van der Waals surface area (Å²) in [5, 5.41) is 12.0. The van der Waals surface area contributed by atoms with Gasteiger partial charge in [-0.25, -0.2) is 4.98 Å². The van der Waals surface area contributed by atoms with Gasteiger partial charge in [0.2, 0.25) is 0 Å². The summed E-state index contributed by atoms with van der Waals surface area (Å²) in [4.78, 5) is 33.5. The number of carbonyl (C=O) groups is 2. The van der Waals surface area contributed by atoms with Gasteiger partial charge in [-0.1, -0.05) is 67.0 Å². The predicted molar refractivity (Wildman–Crippen MR) is 161 cm³/mol. The standard InChI is InChI=1S/C33H34N2O4S/c1-6-7-8-15-39-24-13-11-23(12-14-24)29-27(30(36)25-17-19(2)9-10-21(25)4)31(37)32(38)35(29)33-34-28-22(5)16-20(3)18-26(28)40-33/h9-14,16-18,29,36H,6-8,15H2,1-5H3. The summed E-state index contributed by atoms with van der Waals surface area (Å²) in [6.45, 7) is 10.6. The molecule has 0 saturated carbocycles. The van der Waals surface area contributed by atoms with E-state index in [1.807, 2.05) is 76.2 Å². The van der Waals surface area contributed by atoms with E-state index in [0.29, 0.717) is 22.9 Å². The maximum Gasteiger partial charge on any atom is 0.301 e. The number of thiazole rings is 1. The number of rotatable bonds is 8. The highest BCUT2D eigenvalue weighted by Crippen LogP contribution is 2.45. The van der Waals surface area contributed by atoms with Crippen LogP contribution >= 0.6 is 11.3 Å². The van der Waals surface area contributed by atoms with Crippen LogP contribution in [0.2, 0.25) is 0 Å². The van der Waals surface area contributed by atoms with Gasteiger partial charge in [0.1, 0.15) is 11.5 Å². The highest BCUT2D eigenvalue weighted by Gasteiger charge is 2.48. The molecule has 7 heteroatoms. The molecule has 1 fully saturated rings. The molecule has 2 heterocycles. The number of aliphatic hydroxyl groups is 1. The van der Waals surface area contributed by atoms with Crippen molar-refractivity contribution in [1.29, 1.82) is 0 Å². The second kappa shape index (κ2) is 11.3. The number of benzene rings is 3. The molecular weight excluding hydrogens is 520 g/mol. The molecule has 0 bridgehead atoms. The average Bonchev–Trinajstić information content (AvgIpc) is 3.46. The van der Waals surface area contributed by atoms with Crippen molar-refractivity contribution in [3.05, 3.63) is 93.6 Å². The fourth-order valence-electron chi connectivity index (χ4n) is 5.23. The molecule has 1 aliphatic rings. The molecule has 6 nitrogen and oxygen atoms in total. The third kappa shape index (κ3) is 5.13. The Morgan fingerprint density at radius 2 is 1.70 bits per heavy atom. The Balaban J connectivity index is 1.65. The number of aromatic nitrogens is 1. The molecule has 4 aromatic rings. The quantitative estimate of drug-likeness (QED) is 0.104. The number of aryl methyl sites for hydroxylation is 4. The van der Waals surface area contributed by atoms with Crippen LogP contribution in [0.25, 0.3) is 16.0 Å². The Hall–Kier alpha value is -3.97. The average molecular weight is 555 g/mol. The lowest BCUT2D eigenvalue weighted by molar-refractivity contribution is -0.132. The van der Waals surface area contributed by atoms with Crippen molar-refractivity contribution in [1.82, 2.24) is 4.98 Å². The van der Waals surface area contributed by atoms with E-state index in [0.717, 1.165) is 57.5 Å². The third-order valence-electron chi connectivity index (χ3n) is 7.33. The van der Waals surface area contributed by atoms with Crippen molar-refractivity contribution in [3.63, 3.8) is 0 Å². The summed E-state index contributed by atoms with van der Waals surface area (Å²) in [7, 11) is 0. The highest BCUT2D eigenvalue weighted by molar-refractivity contribution is 7.22. The van der Waals surface area contributed by atoms with Gasteiger partial charge in [0.05, 0.1) is 28.4 Å². The molecule has 0 aliphatic carbocycles. The Morgan fingerprint density at radius 1 is 0.950 bits per heavy atom. The van der Waals surface area contributed by atoms with E-state index in [-0.39, 0.29) is 11.3 Å². The summed E-state index contributed by atoms with van der Waals surface area (Å²) >= 11 is 1.37. The second-order valence-electron chi connectivity index (χ2n) is 10.5. The van der Waals surface area contributed by atoms with Crippen LogP contribution in [0.4, 0.5) is 5.13 Å². The van der Waals surface area contributed by atoms with Gasteiger partial charge in [0.25, 0.3) is 5.78 Å². The van der Waals surface area contributed by atoms with Crippen molar-refractivity contribution >= 4 is 44.1 Å². The van der Waals surface area contributed by atoms with Crippen LogP contribution in [0.3, 0.4) is 0 Å². The van der Waals surface area contributed by atoms with E-state index in [2.05, 4.69) is 13.0 Å². The van der Waals surface area contributed by atoms with Crippen LogP contribution in [-0.4, -0.2) is 28.4 Å². The number of fused-ring (bicyclic) bond motifs is 1. The van der Waals surface area contributed by atoms with Gasteiger partial charge in [-0.2, -0.15) is 0 Å². The van der Waals surface area contributed by atoms with E-state index < -0.39 is 17.7 Å². The molecule has 0 radical (unpaired) electrons. The van der Waals surface area contributed by atoms with Crippen LogP contribution in [0.1, 0.15) is 65.6 Å². The molecule has 1 N–H and O–H groups in total. The number of amides is 1. The topological polar surface area (TPSA) is 79.7 Å². The smallest absolute Gasteiger partial charge is 0.301 e. The molecule has 1 atom stereocenters. The lowest BCUT2D eigenvalue weighted by atomic mass is 9.93. The normalized spacial score (nSPS) is 16.7. The maximum atomic E-state index is 13.7. The second-order valence-corrected chi connectivity index (χ2v) is 11.5. The lowest BCUT2D eigenvalue weighted by Crippen LogP contribution is -2.29. The van der Waals surface area contributed by atoms with Crippen LogP contribution in [0, 0.1) is 27.7 Å². The van der Waals surface area contributed by atoms with Crippen LogP contribution < -0.4 is 9.64 Å². The van der Waals surface area contributed by atoms with Gasteiger partial charge >= 0.3 is 5.91 Å². The minimum Gasteiger partial charge on any atom is -0.507 e. The van der Waals surface area contributed by atoms with Gasteiger partial charge in [-0.3, -0.25) is 14.5 Å². The molecule has 3 aromatic carbocycles. The number of carbonyl (C=O) groups excluding carboxylic acids is 2. The van der Waals surface area contributed by atoms with Crippen molar-refractivity contribution in [3.8, 4) is 5.75 Å². The van der Waals surface area contributed by atoms with Gasteiger partial charge in [-0.15, -0.1) is 0 Å². The van der Waals surface area contributed by atoms with Crippen molar-refractivity contribution in [2.24, 2.45) is 0 Å². The van der Waals surface area contributed by atoms with Gasteiger partial charge < -0.3 is 9.84 Å². The molecule has 1 aromatic heterocycles. The zero-order chi connectivity index (χ0) is 28.6. The predicted octanol–water partition coefficient (Wildman–Crippen LogP) is 7.73. The summed E-state index contributed by atoms with van der Waals surface area (Å²) in [6, 6.07) is 16.4. The van der Waals surface area contributed by atoms with E-state index in [1.54, 1.807) is 0 Å².